The number of hydrogen-bond acceptors (Lipinski definition) is 4. The predicted octanol–water partition coefficient (Wildman–Crippen LogP) is 2.87. The van der Waals surface area contributed by atoms with Crippen molar-refractivity contribution in [2.24, 2.45) is 0 Å². The highest BCUT2D eigenvalue weighted by Crippen LogP contribution is 2.23. The van der Waals surface area contributed by atoms with Gasteiger partial charge in [0.1, 0.15) is 5.69 Å². The fourth-order valence-corrected chi connectivity index (χ4v) is 1.58. The summed E-state index contributed by atoms with van der Waals surface area (Å²) in [5, 5.41) is 0. The summed E-state index contributed by atoms with van der Waals surface area (Å²) in [6.45, 7) is 0. The Labute approximate surface area is 103 Å². The second-order valence-corrected chi connectivity index (χ2v) is 3.55. The third kappa shape index (κ3) is 2.31. The number of benzene rings is 1. The third-order valence-corrected chi connectivity index (χ3v) is 2.47. The van der Waals surface area contributed by atoms with Crippen molar-refractivity contribution in [3.8, 4) is 11.5 Å². The van der Waals surface area contributed by atoms with Crippen LogP contribution in [-0.4, -0.2) is 18.1 Å². The molecule has 4 nitrogen and oxygen atoms in total. The predicted molar refractivity (Wildman–Crippen MR) is 62.8 cm³/mol. The van der Waals surface area contributed by atoms with E-state index in [9.17, 15) is 4.79 Å². The van der Waals surface area contributed by atoms with Crippen molar-refractivity contribution >= 4 is 17.6 Å². The first kappa shape index (κ1) is 11.7. The zero-order valence-electron chi connectivity index (χ0n) is 9.14. The van der Waals surface area contributed by atoms with Gasteiger partial charge in [-0.2, -0.15) is 0 Å². The van der Waals surface area contributed by atoms with Gasteiger partial charge in [0.05, 0.1) is 13.0 Å². The number of carbonyl (C=O) groups is 1. The maximum atomic E-state index is 11.4. The van der Waals surface area contributed by atoms with E-state index in [0.29, 0.717) is 11.6 Å². The van der Waals surface area contributed by atoms with Gasteiger partial charge < -0.3 is 9.15 Å². The van der Waals surface area contributed by atoms with Gasteiger partial charge in [-0.25, -0.2) is 9.78 Å². The first-order chi connectivity index (χ1) is 8.26. The molecule has 17 heavy (non-hydrogen) atoms. The van der Waals surface area contributed by atoms with Crippen molar-refractivity contribution in [1.29, 1.82) is 0 Å². The molecular weight excluding hydrogens is 242 g/mol. The van der Waals surface area contributed by atoms with Gasteiger partial charge in [0.2, 0.25) is 11.7 Å². The van der Waals surface area contributed by atoms with Crippen molar-refractivity contribution in [3.63, 3.8) is 0 Å². The second kappa shape index (κ2) is 5.01. The SMILES string of the molecule is COC(=O)c1oc(-c2ccccc2)nc1CCl. The molecule has 0 N–H and O–H groups in total. The van der Waals surface area contributed by atoms with Gasteiger partial charge in [-0.3, -0.25) is 0 Å². The van der Waals surface area contributed by atoms with Gasteiger partial charge in [-0.05, 0) is 12.1 Å². The molecule has 88 valence electrons. The van der Waals surface area contributed by atoms with Crippen LogP contribution < -0.4 is 0 Å². The highest BCUT2D eigenvalue weighted by Gasteiger charge is 2.20. The molecule has 0 bridgehead atoms. The van der Waals surface area contributed by atoms with Crippen LogP contribution in [0.3, 0.4) is 0 Å². The normalized spacial score (nSPS) is 10.2. The number of oxazole rings is 1. The Morgan fingerprint density at radius 3 is 2.71 bits per heavy atom. The van der Waals surface area contributed by atoms with Crippen LogP contribution in [0.5, 0.6) is 0 Å². The highest BCUT2D eigenvalue weighted by atomic mass is 35.5. The number of hydrogen-bond donors (Lipinski definition) is 0. The molecule has 0 saturated carbocycles. The van der Waals surface area contributed by atoms with Crippen LogP contribution in [-0.2, 0) is 10.6 Å². The van der Waals surface area contributed by atoms with Crippen molar-refractivity contribution in [2.45, 2.75) is 5.88 Å². The molecular formula is C12H10ClNO3. The molecule has 2 rings (SSSR count). The van der Waals surface area contributed by atoms with Gasteiger partial charge in [-0.1, -0.05) is 18.2 Å². The van der Waals surface area contributed by atoms with Gasteiger partial charge >= 0.3 is 5.97 Å². The van der Waals surface area contributed by atoms with Gasteiger partial charge in [0, 0.05) is 5.56 Å². The number of aromatic nitrogens is 1. The quantitative estimate of drug-likeness (QED) is 0.622. The van der Waals surface area contributed by atoms with Gasteiger partial charge in [0.15, 0.2) is 0 Å². The lowest BCUT2D eigenvalue weighted by Crippen LogP contribution is -2.02. The van der Waals surface area contributed by atoms with Crippen LogP contribution in [0.2, 0.25) is 0 Å². The van der Waals surface area contributed by atoms with Gasteiger partial charge in [0.25, 0.3) is 0 Å². The molecule has 1 heterocycles. The lowest BCUT2D eigenvalue weighted by Gasteiger charge is -1.94. The van der Waals surface area contributed by atoms with Crippen LogP contribution in [0.15, 0.2) is 34.7 Å². The van der Waals surface area contributed by atoms with E-state index < -0.39 is 5.97 Å². The van der Waals surface area contributed by atoms with E-state index in [1.54, 1.807) is 0 Å². The zero-order chi connectivity index (χ0) is 12.3. The summed E-state index contributed by atoms with van der Waals surface area (Å²) < 4.78 is 9.97. The number of rotatable bonds is 3. The van der Waals surface area contributed by atoms with Crippen molar-refractivity contribution < 1.29 is 13.9 Å². The van der Waals surface area contributed by atoms with Crippen LogP contribution >= 0.6 is 11.6 Å². The summed E-state index contributed by atoms with van der Waals surface area (Å²) >= 11 is 5.70. The highest BCUT2D eigenvalue weighted by molar-refractivity contribution is 6.17. The topological polar surface area (TPSA) is 52.3 Å². The number of methoxy groups -OCH3 is 1. The summed E-state index contributed by atoms with van der Waals surface area (Å²) in [4.78, 5) is 15.6. The summed E-state index contributed by atoms with van der Waals surface area (Å²) in [6.07, 6.45) is 0. The maximum Gasteiger partial charge on any atom is 0.376 e. The molecule has 0 fully saturated rings. The first-order valence-corrected chi connectivity index (χ1v) is 5.49. The molecule has 1 aromatic heterocycles. The molecule has 2 aromatic rings. The lowest BCUT2D eigenvalue weighted by atomic mass is 10.2. The van der Waals surface area contributed by atoms with Crippen molar-refractivity contribution in [1.82, 2.24) is 4.98 Å². The Hall–Kier alpha value is -1.81. The van der Waals surface area contributed by atoms with E-state index in [0.717, 1.165) is 5.56 Å². The average Bonchev–Trinajstić information content (AvgIpc) is 2.83. The number of carbonyl (C=O) groups excluding carboxylic acids is 1. The minimum absolute atomic E-state index is 0.0568. The van der Waals surface area contributed by atoms with E-state index in [1.807, 2.05) is 30.3 Å². The molecule has 0 saturated heterocycles. The van der Waals surface area contributed by atoms with Crippen LogP contribution in [0.4, 0.5) is 0 Å². The molecule has 0 unspecified atom stereocenters. The third-order valence-electron chi connectivity index (χ3n) is 2.22. The summed E-state index contributed by atoms with van der Waals surface area (Å²) in [6, 6.07) is 9.28. The molecule has 0 radical (unpaired) electrons. The molecule has 0 aliphatic heterocycles. The molecule has 0 atom stereocenters. The van der Waals surface area contributed by atoms with E-state index >= 15 is 0 Å². The summed E-state index contributed by atoms with van der Waals surface area (Å²) in [7, 11) is 1.28. The Kier molecular flexibility index (Phi) is 3.44. The second-order valence-electron chi connectivity index (χ2n) is 3.29. The monoisotopic (exact) mass is 251 g/mol. The Bertz CT molecular complexity index is 522. The van der Waals surface area contributed by atoms with E-state index in [4.69, 9.17) is 16.0 Å². The lowest BCUT2D eigenvalue weighted by molar-refractivity contribution is 0.0565. The molecule has 0 amide bonds. The molecule has 5 heteroatoms. The maximum absolute atomic E-state index is 11.4. The standard InChI is InChI=1S/C12H10ClNO3/c1-16-12(15)10-9(7-13)14-11(17-10)8-5-3-2-4-6-8/h2-6H,7H2,1H3. The van der Waals surface area contributed by atoms with E-state index in [-0.39, 0.29) is 11.6 Å². The molecule has 0 aliphatic rings. The summed E-state index contributed by atoms with van der Waals surface area (Å²) in [5.41, 5.74) is 1.17. The Morgan fingerprint density at radius 2 is 2.12 bits per heavy atom. The number of halogens is 1. The molecule has 0 aliphatic carbocycles. The fourth-order valence-electron chi connectivity index (χ4n) is 1.40. The van der Waals surface area contributed by atoms with Gasteiger partial charge in [-0.15, -0.1) is 11.6 Å². The van der Waals surface area contributed by atoms with Crippen LogP contribution in [0.1, 0.15) is 16.2 Å². The number of esters is 1. The number of ether oxygens (including phenoxy) is 1. The van der Waals surface area contributed by atoms with Crippen molar-refractivity contribution in [3.05, 3.63) is 41.8 Å². The number of nitrogens with zero attached hydrogens (tertiary/aromatic N) is 1. The Morgan fingerprint density at radius 1 is 1.41 bits per heavy atom. The minimum Gasteiger partial charge on any atom is -0.463 e. The first-order valence-electron chi connectivity index (χ1n) is 4.95. The smallest absolute Gasteiger partial charge is 0.376 e. The van der Waals surface area contributed by atoms with Crippen LogP contribution in [0.25, 0.3) is 11.5 Å². The minimum atomic E-state index is -0.574. The van der Waals surface area contributed by atoms with E-state index in [2.05, 4.69) is 9.72 Å². The fraction of sp³-hybridized carbons (Fsp3) is 0.167. The largest absolute Gasteiger partial charge is 0.463 e. The van der Waals surface area contributed by atoms with E-state index in [1.165, 1.54) is 7.11 Å². The molecule has 0 spiro atoms. The van der Waals surface area contributed by atoms with Crippen LogP contribution in [0, 0.1) is 0 Å². The number of alkyl halides is 1. The summed E-state index contributed by atoms with van der Waals surface area (Å²) in [5.74, 6) is -0.0563. The Balaban J connectivity index is 2.45. The average molecular weight is 252 g/mol. The van der Waals surface area contributed by atoms with Crippen molar-refractivity contribution in [2.75, 3.05) is 7.11 Å². The zero-order valence-corrected chi connectivity index (χ0v) is 9.90. The molecule has 1 aromatic carbocycles.